The lowest BCUT2D eigenvalue weighted by molar-refractivity contribution is -0.112. The molecule has 1 fully saturated rings. The summed E-state index contributed by atoms with van der Waals surface area (Å²) in [7, 11) is 1.64. The molecule has 5 heteroatoms. The van der Waals surface area contributed by atoms with Crippen molar-refractivity contribution in [3.63, 3.8) is 0 Å². The van der Waals surface area contributed by atoms with Gasteiger partial charge in [-0.1, -0.05) is 44.2 Å². The summed E-state index contributed by atoms with van der Waals surface area (Å²) < 4.78 is 5.30. The predicted octanol–water partition coefficient (Wildman–Crippen LogP) is 4.13. The Morgan fingerprint density at radius 2 is 1.86 bits per heavy atom. The highest BCUT2D eigenvalue weighted by Gasteiger charge is 2.45. The van der Waals surface area contributed by atoms with E-state index in [1.165, 1.54) is 0 Å². The zero-order valence-corrected chi connectivity index (χ0v) is 17.2. The van der Waals surface area contributed by atoms with Gasteiger partial charge in [-0.05, 0) is 42.2 Å². The fraction of sp³-hybridized carbons (Fsp3) is 0.333. The average Bonchev–Trinajstić information content (AvgIpc) is 2.88. The Balaban J connectivity index is 1.90. The Bertz CT molecular complexity index is 946. The van der Waals surface area contributed by atoms with Crippen LogP contribution >= 0.6 is 0 Å². The molecular weight excluding hydrogens is 362 g/mol. The molecule has 1 saturated heterocycles. The van der Waals surface area contributed by atoms with Crippen molar-refractivity contribution >= 4 is 17.3 Å². The molecular formula is C24H27N3O2. The number of hydrogen-bond donors (Lipinski definition) is 1. The molecule has 0 aliphatic carbocycles. The molecule has 0 saturated carbocycles. The first-order valence-corrected chi connectivity index (χ1v) is 10.1. The van der Waals surface area contributed by atoms with Gasteiger partial charge in [0.1, 0.15) is 11.5 Å². The summed E-state index contributed by atoms with van der Waals surface area (Å²) in [6.07, 6.45) is 0.890. The van der Waals surface area contributed by atoms with E-state index in [2.05, 4.69) is 36.3 Å². The minimum Gasteiger partial charge on any atom is -0.497 e. The van der Waals surface area contributed by atoms with Crippen molar-refractivity contribution < 1.29 is 9.53 Å². The van der Waals surface area contributed by atoms with Crippen molar-refractivity contribution in [2.24, 2.45) is 10.9 Å². The van der Waals surface area contributed by atoms with Gasteiger partial charge in [0, 0.05) is 23.5 Å². The molecule has 0 spiro atoms. The van der Waals surface area contributed by atoms with Gasteiger partial charge in [0.2, 0.25) is 0 Å². The van der Waals surface area contributed by atoms with Crippen LogP contribution in [0.25, 0.3) is 0 Å². The summed E-state index contributed by atoms with van der Waals surface area (Å²) in [4.78, 5) is 20.1. The molecule has 150 valence electrons. The number of nitrogens with zero attached hydrogens (tertiary/aromatic N) is 2. The molecule has 1 atom stereocenters. The molecule has 1 amide bonds. The lowest BCUT2D eigenvalue weighted by Crippen LogP contribution is -2.30. The lowest BCUT2D eigenvalue weighted by atomic mass is 9.93. The predicted molar refractivity (Wildman–Crippen MR) is 116 cm³/mol. The summed E-state index contributed by atoms with van der Waals surface area (Å²) in [5.41, 5.74) is 4.67. The molecule has 1 unspecified atom stereocenters. The van der Waals surface area contributed by atoms with Crippen molar-refractivity contribution in [1.82, 2.24) is 5.32 Å². The fourth-order valence-electron chi connectivity index (χ4n) is 4.09. The van der Waals surface area contributed by atoms with Gasteiger partial charge in [-0.25, -0.2) is 0 Å². The van der Waals surface area contributed by atoms with E-state index in [1.807, 2.05) is 47.4 Å². The highest BCUT2D eigenvalue weighted by atomic mass is 16.5. The molecule has 2 aromatic carbocycles. The van der Waals surface area contributed by atoms with Gasteiger partial charge in [-0.15, -0.1) is 0 Å². The monoisotopic (exact) mass is 389 g/mol. The van der Waals surface area contributed by atoms with Crippen molar-refractivity contribution in [3.8, 4) is 5.75 Å². The second kappa shape index (κ2) is 8.11. The number of carbonyl (C=O) groups excluding carboxylic acids is 1. The minimum absolute atomic E-state index is 0.0380. The van der Waals surface area contributed by atoms with Crippen molar-refractivity contribution in [2.75, 3.05) is 25.1 Å². The van der Waals surface area contributed by atoms with E-state index in [0.29, 0.717) is 18.2 Å². The number of methoxy groups -OCH3 is 1. The van der Waals surface area contributed by atoms with Crippen molar-refractivity contribution in [3.05, 3.63) is 71.4 Å². The molecule has 4 rings (SSSR count). The Morgan fingerprint density at radius 3 is 2.52 bits per heavy atom. The number of amides is 1. The largest absolute Gasteiger partial charge is 0.497 e. The quantitative estimate of drug-likeness (QED) is 0.837. The zero-order valence-electron chi connectivity index (χ0n) is 17.2. The standard InChI is InChI=1S/C24H27N3O2/c1-16(2)15-20-21-22(26-14-13-25-20)24(28)27(18-9-11-19(29-3)12-10-18)23(21)17-7-5-4-6-8-17/h4-12,16,23,25H,13-15H2,1-3H3. The maximum Gasteiger partial charge on any atom is 0.277 e. The van der Waals surface area contributed by atoms with Gasteiger partial charge in [0.25, 0.3) is 5.91 Å². The number of nitrogens with one attached hydrogen (secondary N) is 1. The van der Waals surface area contributed by atoms with Crippen molar-refractivity contribution in [1.29, 1.82) is 0 Å². The number of hydrogen-bond acceptors (Lipinski definition) is 4. The average molecular weight is 389 g/mol. The van der Waals surface area contributed by atoms with E-state index < -0.39 is 0 Å². The Labute approximate surface area is 172 Å². The van der Waals surface area contributed by atoms with Crippen molar-refractivity contribution in [2.45, 2.75) is 26.3 Å². The maximum atomic E-state index is 13.6. The molecule has 2 aliphatic rings. The first kappa shape index (κ1) is 19.2. The van der Waals surface area contributed by atoms with Crippen LogP contribution in [0.2, 0.25) is 0 Å². The highest BCUT2D eigenvalue weighted by Crippen LogP contribution is 2.42. The fourth-order valence-corrected chi connectivity index (χ4v) is 4.09. The molecule has 0 radical (unpaired) electrons. The third-order valence-electron chi connectivity index (χ3n) is 5.33. The van der Waals surface area contributed by atoms with Crippen LogP contribution in [0.5, 0.6) is 5.75 Å². The second-order valence-corrected chi connectivity index (χ2v) is 7.83. The highest BCUT2D eigenvalue weighted by molar-refractivity contribution is 6.53. The SMILES string of the molecule is COc1ccc(N2C(=O)C3=NCCNC(CC(C)C)=C3C2c2ccccc2)cc1. The number of aliphatic imine (C=N–C) groups is 1. The van der Waals surface area contributed by atoms with Gasteiger partial charge in [-0.2, -0.15) is 0 Å². The molecule has 2 heterocycles. The molecule has 5 nitrogen and oxygen atoms in total. The van der Waals surface area contributed by atoms with E-state index in [-0.39, 0.29) is 11.9 Å². The molecule has 1 N–H and O–H groups in total. The molecule has 0 aromatic heterocycles. The minimum atomic E-state index is -0.199. The third kappa shape index (κ3) is 3.65. The number of fused-ring (bicyclic) bond motifs is 1. The number of ether oxygens (including phenoxy) is 1. The van der Waals surface area contributed by atoms with Crippen LogP contribution in [0.4, 0.5) is 5.69 Å². The number of carbonyl (C=O) groups is 1. The number of benzene rings is 2. The summed E-state index contributed by atoms with van der Waals surface area (Å²) >= 11 is 0. The normalized spacial score (nSPS) is 19.0. The molecule has 0 bridgehead atoms. The third-order valence-corrected chi connectivity index (χ3v) is 5.33. The first-order valence-electron chi connectivity index (χ1n) is 10.1. The summed E-state index contributed by atoms with van der Waals surface area (Å²) in [5.74, 6) is 1.21. The van der Waals surface area contributed by atoms with E-state index in [4.69, 9.17) is 4.74 Å². The van der Waals surface area contributed by atoms with Gasteiger partial charge in [-0.3, -0.25) is 14.7 Å². The zero-order chi connectivity index (χ0) is 20.4. The lowest BCUT2D eigenvalue weighted by Gasteiger charge is -2.27. The molecule has 2 aromatic rings. The van der Waals surface area contributed by atoms with E-state index >= 15 is 0 Å². The van der Waals surface area contributed by atoms with Crippen LogP contribution in [0.15, 0.2) is 70.9 Å². The van der Waals surface area contributed by atoms with Gasteiger partial charge in [0.05, 0.1) is 19.7 Å². The van der Waals surface area contributed by atoms with Gasteiger partial charge >= 0.3 is 0 Å². The Hall–Kier alpha value is -3.08. The van der Waals surface area contributed by atoms with Crippen LogP contribution in [0.1, 0.15) is 31.9 Å². The summed E-state index contributed by atoms with van der Waals surface area (Å²) in [6, 6.07) is 17.7. The van der Waals surface area contributed by atoms with Crippen LogP contribution in [0.3, 0.4) is 0 Å². The smallest absolute Gasteiger partial charge is 0.277 e. The van der Waals surface area contributed by atoms with E-state index in [1.54, 1.807) is 7.11 Å². The number of anilines is 1. The molecule has 29 heavy (non-hydrogen) atoms. The van der Waals surface area contributed by atoms with E-state index in [0.717, 1.165) is 41.2 Å². The van der Waals surface area contributed by atoms with Crippen LogP contribution in [0, 0.1) is 5.92 Å². The Morgan fingerprint density at radius 1 is 1.14 bits per heavy atom. The van der Waals surface area contributed by atoms with E-state index in [9.17, 15) is 4.79 Å². The van der Waals surface area contributed by atoms with Crippen LogP contribution in [-0.2, 0) is 4.79 Å². The number of allylic oxidation sites excluding steroid dienone is 1. The molecule has 2 aliphatic heterocycles. The van der Waals surface area contributed by atoms with Crippen LogP contribution in [-0.4, -0.2) is 31.8 Å². The summed E-state index contributed by atoms with van der Waals surface area (Å²) in [6.45, 7) is 5.76. The Kier molecular flexibility index (Phi) is 5.38. The summed E-state index contributed by atoms with van der Waals surface area (Å²) in [5, 5.41) is 3.56. The number of rotatable bonds is 5. The maximum absolute atomic E-state index is 13.6. The van der Waals surface area contributed by atoms with Crippen LogP contribution < -0.4 is 15.0 Å². The van der Waals surface area contributed by atoms with Gasteiger partial charge in [0.15, 0.2) is 0 Å². The first-order chi connectivity index (χ1) is 14.1. The topological polar surface area (TPSA) is 53.9 Å². The second-order valence-electron chi connectivity index (χ2n) is 7.83. The van der Waals surface area contributed by atoms with Gasteiger partial charge < -0.3 is 10.1 Å².